The van der Waals surface area contributed by atoms with Crippen LogP contribution in [0.25, 0.3) is 0 Å². The van der Waals surface area contributed by atoms with Crippen molar-refractivity contribution in [3.63, 3.8) is 0 Å². The Morgan fingerprint density at radius 3 is 1.15 bits per heavy atom. The Morgan fingerprint density at radius 1 is 0.328 bits per heavy atom. The number of Topliss-reactive ketones (excluding diaryl/α,β-unsaturated/α-hetero) is 4. The molecule has 0 fully saturated rings. The number of hydrogen-bond acceptors (Lipinski definition) is 12. The second-order valence-electron chi connectivity index (χ2n) is 14.4. The van der Waals surface area contributed by atoms with Crippen molar-refractivity contribution in [1.29, 1.82) is 0 Å². The molecule has 0 N–H and O–H groups in total. The number of fused-ring (bicyclic) bond motifs is 4. The number of esters is 4. The van der Waals surface area contributed by atoms with E-state index in [9.17, 15) is 38.4 Å². The van der Waals surface area contributed by atoms with Crippen molar-refractivity contribution < 1.29 is 57.3 Å². The van der Waals surface area contributed by atoms with Crippen LogP contribution in [0.2, 0.25) is 0 Å². The van der Waals surface area contributed by atoms with E-state index in [1.165, 1.54) is 12.1 Å². The molecule has 0 spiro atoms. The van der Waals surface area contributed by atoms with Crippen molar-refractivity contribution in [3.8, 4) is 23.0 Å². The molecule has 2 heterocycles. The third kappa shape index (κ3) is 7.89. The molecule has 0 atom stereocenters. The van der Waals surface area contributed by atoms with Crippen molar-refractivity contribution in [2.45, 2.75) is 33.1 Å². The maximum atomic E-state index is 12.0. The van der Waals surface area contributed by atoms with Crippen molar-refractivity contribution >= 4 is 47.0 Å². The number of cyclic esters (lactones) is 4. The van der Waals surface area contributed by atoms with E-state index in [-0.39, 0.29) is 65.7 Å². The van der Waals surface area contributed by atoms with Gasteiger partial charge in [0.2, 0.25) is 0 Å². The quantitative estimate of drug-likeness (QED) is 0.106. The minimum absolute atomic E-state index is 0. The Hall–Kier alpha value is -8.12. The van der Waals surface area contributed by atoms with Gasteiger partial charge in [0.05, 0.1) is 35.1 Å². The Morgan fingerprint density at radius 2 is 0.639 bits per heavy atom. The molecule has 2 aliphatic heterocycles. The number of hydrogen-bond donors (Lipinski definition) is 0. The standard InChI is InChI=1S/C30H18O7.C18H10O5.CH4/c31-27-16-28(32)25-14-21(9-11-23(25)27)35-19-5-1-17(2-6-19)13-18-3-7-20(8-4-18)36-22-10-12-24-26(15-22)30(34)37-29(24)33;19-15-8-16(20)13-6-9(1-3-11(13)15)5-10-2-4-12-14(7-10)18(22)23-17(12)21;/h1-12,14-15H,13,16H2;1-4,6-7H,5,8H2;1H4. The summed E-state index contributed by atoms with van der Waals surface area (Å²) in [4.78, 5) is 93.5. The minimum atomic E-state index is -0.670. The molecule has 61 heavy (non-hydrogen) atoms. The average Bonchev–Trinajstić information content (AvgIpc) is 3.90. The van der Waals surface area contributed by atoms with Gasteiger partial charge in [0, 0.05) is 22.3 Å². The lowest BCUT2D eigenvalue weighted by molar-refractivity contribution is 0.0425. The molecule has 12 heteroatoms. The van der Waals surface area contributed by atoms with Crippen LogP contribution in [-0.2, 0) is 22.3 Å². The molecular weight excluding hydrogens is 781 g/mol. The van der Waals surface area contributed by atoms with Crippen molar-refractivity contribution in [2.75, 3.05) is 0 Å². The fourth-order valence-corrected chi connectivity index (χ4v) is 7.37. The van der Waals surface area contributed by atoms with E-state index in [4.69, 9.17) is 9.47 Å². The van der Waals surface area contributed by atoms with Crippen molar-refractivity contribution in [3.05, 3.63) is 188 Å². The summed E-state index contributed by atoms with van der Waals surface area (Å²) in [6.45, 7) is 0. The minimum Gasteiger partial charge on any atom is -0.457 e. The average molecular weight is 813 g/mol. The van der Waals surface area contributed by atoms with Gasteiger partial charge in [0.1, 0.15) is 23.0 Å². The van der Waals surface area contributed by atoms with Crippen LogP contribution in [-0.4, -0.2) is 47.0 Å². The summed E-state index contributed by atoms with van der Waals surface area (Å²) in [6.07, 6.45) is 1.05. The molecule has 6 aromatic rings. The fraction of sp³-hybridized carbons (Fsp3) is 0.102. The van der Waals surface area contributed by atoms with Gasteiger partial charge in [-0.1, -0.05) is 49.9 Å². The highest BCUT2D eigenvalue weighted by Gasteiger charge is 2.32. The fourth-order valence-electron chi connectivity index (χ4n) is 7.37. The normalized spacial score (nSPS) is 14.3. The van der Waals surface area contributed by atoms with Gasteiger partial charge in [-0.25, -0.2) is 19.2 Å². The van der Waals surface area contributed by atoms with Crippen molar-refractivity contribution in [2.24, 2.45) is 0 Å². The Kier molecular flexibility index (Phi) is 10.4. The smallest absolute Gasteiger partial charge is 0.347 e. The summed E-state index contributed by atoms with van der Waals surface area (Å²) < 4.78 is 20.9. The highest BCUT2D eigenvalue weighted by molar-refractivity contribution is 6.25. The summed E-state index contributed by atoms with van der Waals surface area (Å²) >= 11 is 0. The van der Waals surface area contributed by atoms with E-state index in [0.29, 0.717) is 58.1 Å². The van der Waals surface area contributed by atoms with Gasteiger partial charge in [-0.2, -0.15) is 0 Å². The lowest BCUT2D eigenvalue weighted by Crippen LogP contribution is -1.98. The van der Waals surface area contributed by atoms with Gasteiger partial charge in [0.15, 0.2) is 23.1 Å². The van der Waals surface area contributed by atoms with Gasteiger partial charge in [-0.3, -0.25) is 19.2 Å². The second-order valence-corrected chi connectivity index (χ2v) is 14.4. The lowest BCUT2D eigenvalue weighted by Gasteiger charge is -2.09. The molecule has 0 saturated heterocycles. The molecule has 0 bridgehead atoms. The molecule has 0 unspecified atom stereocenters. The Labute approximate surface area is 347 Å². The Balaban J connectivity index is 0.000000184. The first-order valence-corrected chi connectivity index (χ1v) is 18.7. The van der Waals surface area contributed by atoms with Crippen molar-refractivity contribution in [1.82, 2.24) is 0 Å². The molecular formula is C49H32O12. The van der Waals surface area contributed by atoms with E-state index in [1.807, 2.05) is 48.5 Å². The van der Waals surface area contributed by atoms with Crippen LogP contribution in [0.1, 0.15) is 125 Å². The lowest BCUT2D eigenvalue weighted by atomic mass is 9.98. The van der Waals surface area contributed by atoms with Crippen LogP contribution in [0.4, 0.5) is 0 Å². The molecule has 10 rings (SSSR count). The zero-order valence-electron chi connectivity index (χ0n) is 31.3. The third-order valence-corrected chi connectivity index (χ3v) is 10.4. The number of ether oxygens (including phenoxy) is 4. The van der Waals surface area contributed by atoms with Gasteiger partial charge in [-0.15, -0.1) is 0 Å². The second kappa shape index (κ2) is 15.9. The van der Waals surface area contributed by atoms with Gasteiger partial charge in [0.25, 0.3) is 0 Å². The summed E-state index contributed by atoms with van der Waals surface area (Å²) in [5.74, 6) is -1.03. The number of benzene rings is 6. The first-order valence-electron chi connectivity index (χ1n) is 18.7. The maximum absolute atomic E-state index is 12.0. The van der Waals surface area contributed by atoms with Crippen LogP contribution < -0.4 is 9.47 Å². The predicted molar refractivity (Wildman–Crippen MR) is 217 cm³/mol. The van der Waals surface area contributed by atoms with Crippen LogP contribution >= 0.6 is 0 Å². The molecule has 0 aromatic heterocycles. The topological polar surface area (TPSA) is 173 Å². The summed E-state index contributed by atoms with van der Waals surface area (Å²) in [5.41, 5.74) is 6.63. The maximum Gasteiger partial charge on any atom is 0.347 e. The SMILES string of the molecule is C.O=C1CC(=O)c2cc(Cc3ccc4c(c3)C(=O)OC4=O)ccc21.O=C1CC(=O)c2cc(Oc3ccc(Cc4ccc(Oc5ccc6c(c5)C(=O)OC6=O)cc4)cc3)ccc21. The van der Waals surface area contributed by atoms with Gasteiger partial charge < -0.3 is 18.9 Å². The molecule has 4 aliphatic rings. The largest absolute Gasteiger partial charge is 0.457 e. The first-order chi connectivity index (χ1) is 28.9. The van der Waals surface area contributed by atoms with Crippen LogP contribution in [0.3, 0.4) is 0 Å². The van der Waals surface area contributed by atoms with Gasteiger partial charge >= 0.3 is 23.9 Å². The zero-order chi connectivity index (χ0) is 41.7. The molecule has 6 aromatic carbocycles. The molecule has 0 amide bonds. The molecule has 0 radical (unpaired) electrons. The molecule has 12 nitrogen and oxygen atoms in total. The van der Waals surface area contributed by atoms with Crippen LogP contribution in [0.15, 0.2) is 121 Å². The highest BCUT2D eigenvalue weighted by Crippen LogP contribution is 2.32. The summed E-state index contributed by atoms with van der Waals surface area (Å²) in [5, 5.41) is 0. The van der Waals surface area contributed by atoms with Gasteiger partial charge in [-0.05, 0) is 114 Å². The predicted octanol–water partition coefficient (Wildman–Crippen LogP) is 8.93. The Bertz CT molecular complexity index is 2710. The van der Waals surface area contributed by atoms with Crippen LogP contribution in [0, 0.1) is 0 Å². The number of ketones is 4. The number of carbonyl (C=O) groups is 8. The van der Waals surface area contributed by atoms with E-state index < -0.39 is 23.9 Å². The molecule has 0 saturated carbocycles. The van der Waals surface area contributed by atoms with E-state index in [1.54, 1.807) is 60.7 Å². The molecule has 2 aliphatic carbocycles. The molecule has 300 valence electrons. The van der Waals surface area contributed by atoms with E-state index in [2.05, 4.69) is 9.47 Å². The number of carbonyl (C=O) groups excluding carboxylic acids is 8. The third-order valence-electron chi connectivity index (χ3n) is 10.4. The summed E-state index contributed by atoms with van der Waals surface area (Å²) in [6, 6.07) is 35.0. The van der Waals surface area contributed by atoms with Crippen LogP contribution in [0.5, 0.6) is 23.0 Å². The van der Waals surface area contributed by atoms with E-state index in [0.717, 1.165) is 22.3 Å². The summed E-state index contributed by atoms with van der Waals surface area (Å²) in [7, 11) is 0. The zero-order valence-corrected chi connectivity index (χ0v) is 31.3. The highest BCUT2D eigenvalue weighted by atomic mass is 16.6. The number of rotatable bonds is 8. The van der Waals surface area contributed by atoms with E-state index >= 15 is 0 Å². The first kappa shape index (κ1) is 39.7. The monoisotopic (exact) mass is 812 g/mol.